The molecule has 1 aliphatic rings. The van der Waals surface area contributed by atoms with Gasteiger partial charge < -0.3 is 10.1 Å². The topological polar surface area (TPSA) is 71.8 Å². The van der Waals surface area contributed by atoms with Gasteiger partial charge in [0.2, 0.25) is 0 Å². The number of carbonyl (C=O) groups excluding carboxylic acids is 1. The number of aromatic nitrogens is 3. The van der Waals surface area contributed by atoms with Crippen LogP contribution in [0.4, 0.5) is 4.39 Å². The summed E-state index contributed by atoms with van der Waals surface area (Å²) in [4.78, 5) is 20.1. The normalized spacial score (nSPS) is 15.2. The lowest BCUT2D eigenvalue weighted by Crippen LogP contribution is -2.38. The number of nitrogens with zero attached hydrogens (tertiary/aromatic N) is 4. The summed E-state index contributed by atoms with van der Waals surface area (Å²) in [6, 6.07) is 9.74. The van der Waals surface area contributed by atoms with E-state index >= 15 is 0 Å². The summed E-state index contributed by atoms with van der Waals surface area (Å²) in [5.41, 5.74) is 3.02. The van der Waals surface area contributed by atoms with Gasteiger partial charge in [-0.2, -0.15) is 5.10 Å². The first-order chi connectivity index (χ1) is 15.3. The molecule has 3 heterocycles. The van der Waals surface area contributed by atoms with E-state index in [0.717, 1.165) is 50.5 Å². The summed E-state index contributed by atoms with van der Waals surface area (Å²) < 4.78 is 20.4. The Hall–Kier alpha value is -2.84. The van der Waals surface area contributed by atoms with Gasteiger partial charge in [0.25, 0.3) is 5.91 Å². The first-order valence-corrected chi connectivity index (χ1v) is 11.1. The van der Waals surface area contributed by atoms with Gasteiger partial charge in [0.1, 0.15) is 11.5 Å². The van der Waals surface area contributed by atoms with Crippen LogP contribution in [0.1, 0.15) is 43.4 Å². The molecule has 0 unspecified atom stereocenters. The van der Waals surface area contributed by atoms with Crippen LogP contribution in [0.2, 0.25) is 0 Å². The maximum Gasteiger partial charge on any atom is 0.270 e. The average molecular weight is 440 g/mol. The average Bonchev–Trinajstić information content (AvgIpc) is 3.22. The molecule has 3 aromatic rings. The highest BCUT2D eigenvalue weighted by Crippen LogP contribution is 2.25. The molecule has 7 nitrogen and oxygen atoms in total. The van der Waals surface area contributed by atoms with E-state index in [1.807, 2.05) is 6.07 Å². The largest absolute Gasteiger partial charge is 0.379 e. The third-order valence-corrected chi connectivity index (χ3v) is 5.61. The summed E-state index contributed by atoms with van der Waals surface area (Å²) >= 11 is 0. The molecule has 0 saturated carbocycles. The number of ether oxygens (including phenoxy) is 1. The lowest BCUT2D eigenvalue weighted by Gasteiger charge is -2.26. The molecule has 1 aliphatic heterocycles. The monoisotopic (exact) mass is 439 g/mol. The fraction of sp³-hybridized carbons (Fsp3) is 0.458. The summed E-state index contributed by atoms with van der Waals surface area (Å²) in [5.74, 6) is -0.515. The van der Waals surface area contributed by atoms with E-state index in [4.69, 9.17) is 4.74 Å². The quantitative estimate of drug-likeness (QED) is 0.597. The molecule has 2 aromatic heterocycles. The van der Waals surface area contributed by atoms with Crippen LogP contribution in [0.3, 0.4) is 0 Å². The zero-order chi connectivity index (χ0) is 22.7. The number of hydrogen-bond acceptors (Lipinski definition) is 5. The molecule has 8 heteroatoms. The minimum absolute atomic E-state index is 0.185. The van der Waals surface area contributed by atoms with E-state index < -0.39 is 0 Å². The van der Waals surface area contributed by atoms with E-state index in [0.29, 0.717) is 23.6 Å². The second kappa shape index (κ2) is 9.34. The zero-order valence-electron chi connectivity index (χ0n) is 18.9. The maximum atomic E-state index is 13.4. The molecule has 0 spiro atoms. The molecular weight excluding hydrogens is 409 g/mol. The van der Waals surface area contributed by atoms with Crippen LogP contribution < -0.4 is 5.32 Å². The molecule has 1 aromatic carbocycles. The van der Waals surface area contributed by atoms with Crippen molar-refractivity contribution in [3.63, 3.8) is 0 Å². The summed E-state index contributed by atoms with van der Waals surface area (Å²) in [5, 5.41) is 7.69. The van der Waals surface area contributed by atoms with Crippen LogP contribution in [-0.2, 0) is 10.2 Å². The van der Waals surface area contributed by atoms with Gasteiger partial charge in [0.05, 0.1) is 24.6 Å². The van der Waals surface area contributed by atoms with Gasteiger partial charge in [-0.15, -0.1) is 0 Å². The minimum atomic E-state index is -0.313. The molecular formula is C24H30FN5O2. The fourth-order valence-corrected chi connectivity index (χ4v) is 3.69. The Morgan fingerprint density at radius 1 is 1.16 bits per heavy atom. The number of morpholine rings is 1. The molecule has 0 bridgehead atoms. The van der Waals surface area contributed by atoms with Crippen molar-refractivity contribution in [1.82, 2.24) is 24.8 Å². The lowest BCUT2D eigenvalue weighted by atomic mass is 9.93. The van der Waals surface area contributed by atoms with Gasteiger partial charge in [0.15, 0.2) is 5.65 Å². The number of nitrogens with one attached hydrogen (secondary N) is 1. The molecule has 1 saturated heterocycles. The molecule has 0 radical (unpaired) electrons. The van der Waals surface area contributed by atoms with E-state index in [1.165, 1.54) is 12.1 Å². The van der Waals surface area contributed by atoms with Crippen molar-refractivity contribution >= 4 is 11.6 Å². The van der Waals surface area contributed by atoms with Crippen LogP contribution in [0.5, 0.6) is 0 Å². The van der Waals surface area contributed by atoms with Gasteiger partial charge in [-0.25, -0.2) is 13.9 Å². The Kier molecular flexibility index (Phi) is 6.53. The van der Waals surface area contributed by atoms with Crippen LogP contribution in [-0.4, -0.2) is 64.8 Å². The molecule has 32 heavy (non-hydrogen) atoms. The smallest absolute Gasteiger partial charge is 0.270 e. The lowest BCUT2D eigenvalue weighted by molar-refractivity contribution is 0.0374. The predicted octanol–water partition coefficient (Wildman–Crippen LogP) is 3.29. The van der Waals surface area contributed by atoms with Crippen molar-refractivity contribution in [2.24, 2.45) is 0 Å². The highest BCUT2D eigenvalue weighted by molar-refractivity contribution is 5.94. The summed E-state index contributed by atoms with van der Waals surface area (Å²) in [7, 11) is 0. The van der Waals surface area contributed by atoms with Crippen molar-refractivity contribution in [2.45, 2.75) is 32.6 Å². The minimum Gasteiger partial charge on any atom is -0.379 e. The van der Waals surface area contributed by atoms with Crippen molar-refractivity contribution in [1.29, 1.82) is 0 Å². The Morgan fingerprint density at radius 3 is 2.56 bits per heavy atom. The number of amides is 1. The van der Waals surface area contributed by atoms with E-state index in [1.54, 1.807) is 22.7 Å². The van der Waals surface area contributed by atoms with Crippen molar-refractivity contribution in [3.8, 4) is 11.3 Å². The van der Waals surface area contributed by atoms with Crippen molar-refractivity contribution in [3.05, 3.63) is 53.6 Å². The molecule has 0 aliphatic carbocycles. The highest BCUT2D eigenvalue weighted by Gasteiger charge is 2.22. The molecule has 4 rings (SSSR count). The summed E-state index contributed by atoms with van der Waals surface area (Å²) in [6.45, 7) is 11.1. The van der Waals surface area contributed by atoms with Gasteiger partial charge >= 0.3 is 0 Å². The van der Waals surface area contributed by atoms with Crippen molar-refractivity contribution in [2.75, 3.05) is 39.4 Å². The Balaban J connectivity index is 1.58. The van der Waals surface area contributed by atoms with E-state index in [9.17, 15) is 9.18 Å². The number of hydrogen-bond donors (Lipinski definition) is 1. The second-order valence-electron chi connectivity index (χ2n) is 9.15. The predicted molar refractivity (Wildman–Crippen MR) is 121 cm³/mol. The second-order valence-corrected chi connectivity index (χ2v) is 9.15. The first-order valence-electron chi connectivity index (χ1n) is 11.1. The molecule has 170 valence electrons. The van der Waals surface area contributed by atoms with Gasteiger partial charge in [-0.1, -0.05) is 20.8 Å². The van der Waals surface area contributed by atoms with Gasteiger partial charge in [-0.05, 0) is 43.3 Å². The third-order valence-electron chi connectivity index (χ3n) is 5.61. The molecule has 1 amide bonds. The number of benzene rings is 1. The third kappa shape index (κ3) is 5.14. The van der Waals surface area contributed by atoms with E-state index in [-0.39, 0.29) is 17.1 Å². The van der Waals surface area contributed by atoms with Crippen LogP contribution in [0, 0.1) is 5.82 Å². The van der Waals surface area contributed by atoms with Crippen molar-refractivity contribution < 1.29 is 13.9 Å². The first kappa shape index (κ1) is 22.4. The van der Waals surface area contributed by atoms with E-state index in [2.05, 4.69) is 41.1 Å². The molecule has 1 fully saturated rings. The summed E-state index contributed by atoms with van der Waals surface area (Å²) in [6.07, 6.45) is 0.858. The van der Waals surface area contributed by atoms with Crippen LogP contribution in [0.25, 0.3) is 16.9 Å². The van der Waals surface area contributed by atoms with Gasteiger partial charge in [0, 0.05) is 36.7 Å². The van der Waals surface area contributed by atoms with Gasteiger partial charge in [-0.3, -0.25) is 9.69 Å². The molecule has 1 N–H and O–H groups in total. The SMILES string of the molecule is CC(C)(C)c1cc2nc(-c3ccc(F)cc3)cc(C(=O)NCCCN3CCOCC3)n2n1. The number of carbonyl (C=O) groups is 1. The Labute approximate surface area is 187 Å². The zero-order valence-corrected chi connectivity index (χ0v) is 18.9. The highest BCUT2D eigenvalue weighted by atomic mass is 19.1. The molecule has 0 atom stereocenters. The Morgan fingerprint density at radius 2 is 1.88 bits per heavy atom. The fourth-order valence-electron chi connectivity index (χ4n) is 3.69. The number of fused-ring (bicyclic) bond motifs is 1. The Bertz CT molecular complexity index is 1080. The van der Waals surface area contributed by atoms with Crippen LogP contribution in [0.15, 0.2) is 36.4 Å². The number of halogens is 1. The van der Waals surface area contributed by atoms with Crippen LogP contribution >= 0.6 is 0 Å². The number of rotatable bonds is 6. The standard InChI is InChI=1S/C24H30FN5O2/c1-24(2,3)21-16-22-27-19(17-5-7-18(25)8-6-17)15-20(30(22)28-21)23(31)26-9-4-10-29-11-13-32-14-12-29/h5-8,15-16H,4,9-14H2,1-3H3,(H,26,31). The maximum absolute atomic E-state index is 13.4.